The van der Waals surface area contributed by atoms with Crippen molar-refractivity contribution in [3.05, 3.63) is 36.8 Å². The molecule has 0 fully saturated rings. The largest absolute Gasteiger partial charge is 0.265 e. The number of aryl methyl sites for hydroxylation is 1. The molecule has 3 heteroatoms. The van der Waals surface area contributed by atoms with Crippen LogP contribution in [0.25, 0.3) is 11.3 Å². The normalized spacial score (nSPS) is 10.2. The topological polar surface area (TPSA) is 30.7 Å². The molecule has 0 aliphatic carbocycles. The van der Waals surface area contributed by atoms with Crippen LogP contribution in [0.1, 0.15) is 6.92 Å². The van der Waals surface area contributed by atoms with E-state index in [9.17, 15) is 0 Å². The lowest BCUT2D eigenvalue weighted by molar-refractivity contribution is 0.657. The molecular weight excluding hydrogens is 162 g/mol. The van der Waals surface area contributed by atoms with Crippen molar-refractivity contribution >= 4 is 0 Å². The molecule has 2 rings (SSSR count). The standard InChI is InChI=1S/C10H10N3/c1-2-13-8-5-10(12-13)9-3-6-11-7-4-9/h3-7H,2H2,1H3. The van der Waals surface area contributed by atoms with E-state index in [1.54, 1.807) is 17.1 Å². The predicted octanol–water partition coefficient (Wildman–Crippen LogP) is 1.77. The number of hydrogen-bond donors (Lipinski definition) is 0. The molecule has 13 heavy (non-hydrogen) atoms. The quantitative estimate of drug-likeness (QED) is 0.691. The second-order valence-electron chi connectivity index (χ2n) is 2.71. The summed E-state index contributed by atoms with van der Waals surface area (Å²) in [7, 11) is 0. The third-order valence-electron chi connectivity index (χ3n) is 1.85. The van der Waals surface area contributed by atoms with Crippen LogP contribution in [0.5, 0.6) is 0 Å². The molecule has 0 saturated carbocycles. The van der Waals surface area contributed by atoms with Crippen LogP contribution in [0.2, 0.25) is 0 Å². The third-order valence-corrected chi connectivity index (χ3v) is 1.85. The molecule has 0 atom stereocenters. The van der Waals surface area contributed by atoms with E-state index in [0.29, 0.717) is 0 Å². The highest BCUT2D eigenvalue weighted by Gasteiger charge is 1.99. The molecule has 0 amide bonds. The lowest BCUT2D eigenvalue weighted by atomic mass is 10.2. The van der Waals surface area contributed by atoms with Gasteiger partial charge in [-0.05, 0) is 25.1 Å². The van der Waals surface area contributed by atoms with E-state index in [2.05, 4.69) is 16.3 Å². The summed E-state index contributed by atoms with van der Waals surface area (Å²) < 4.78 is 1.79. The minimum atomic E-state index is 0.852. The molecular formula is C10H10N3. The molecule has 0 aromatic carbocycles. The van der Waals surface area contributed by atoms with E-state index >= 15 is 0 Å². The number of pyridine rings is 1. The van der Waals surface area contributed by atoms with Gasteiger partial charge in [-0.1, -0.05) is 0 Å². The number of aromatic nitrogens is 3. The lowest BCUT2D eigenvalue weighted by Gasteiger charge is -1.94. The van der Waals surface area contributed by atoms with Gasteiger partial charge in [0.15, 0.2) is 0 Å². The zero-order chi connectivity index (χ0) is 9.10. The van der Waals surface area contributed by atoms with Gasteiger partial charge in [0.2, 0.25) is 0 Å². The summed E-state index contributed by atoms with van der Waals surface area (Å²) in [6, 6.07) is 5.77. The maximum atomic E-state index is 4.33. The van der Waals surface area contributed by atoms with Gasteiger partial charge in [-0.15, -0.1) is 0 Å². The second-order valence-corrected chi connectivity index (χ2v) is 2.71. The number of rotatable bonds is 2. The second kappa shape index (κ2) is 3.39. The zero-order valence-corrected chi connectivity index (χ0v) is 7.44. The average Bonchev–Trinajstić information content (AvgIpc) is 2.67. The van der Waals surface area contributed by atoms with Crippen LogP contribution in [-0.2, 0) is 6.54 Å². The van der Waals surface area contributed by atoms with Crippen LogP contribution in [0.15, 0.2) is 30.6 Å². The van der Waals surface area contributed by atoms with Crippen LogP contribution in [0, 0.1) is 6.20 Å². The Morgan fingerprint density at radius 2 is 2.15 bits per heavy atom. The van der Waals surface area contributed by atoms with Crippen molar-refractivity contribution in [2.75, 3.05) is 0 Å². The van der Waals surface area contributed by atoms with Gasteiger partial charge in [0.25, 0.3) is 0 Å². The summed E-state index contributed by atoms with van der Waals surface area (Å²) in [6.07, 6.45) is 6.57. The fraction of sp³-hybridized carbons (Fsp3) is 0.200. The molecule has 3 nitrogen and oxygen atoms in total. The summed E-state index contributed by atoms with van der Waals surface area (Å²) in [6.45, 7) is 2.89. The smallest absolute Gasteiger partial charge is 0.0931 e. The Labute approximate surface area is 77.0 Å². The third kappa shape index (κ3) is 1.59. The maximum absolute atomic E-state index is 4.33. The molecule has 0 saturated heterocycles. The van der Waals surface area contributed by atoms with Crippen molar-refractivity contribution in [1.29, 1.82) is 0 Å². The fourth-order valence-electron chi connectivity index (χ4n) is 1.15. The summed E-state index contributed by atoms with van der Waals surface area (Å²) in [4.78, 5) is 3.95. The van der Waals surface area contributed by atoms with Crippen molar-refractivity contribution in [2.45, 2.75) is 13.5 Å². The van der Waals surface area contributed by atoms with E-state index in [-0.39, 0.29) is 0 Å². The molecule has 0 spiro atoms. The van der Waals surface area contributed by atoms with Gasteiger partial charge in [0.05, 0.1) is 11.9 Å². The van der Waals surface area contributed by atoms with Crippen molar-refractivity contribution in [3.63, 3.8) is 0 Å². The van der Waals surface area contributed by atoms with Gasteiger partial charge < -0.3 is 0 Å². The first-order chi connectivity index (χ1) is 6.40. The van der Waals surface area contributed by atoms with Gasteiger partial charge in [-0.2, -0.15) is 5.10 Å². The van der Waals surface area contributed by atoms with Crippen molar-refractivity contribution in [2.24, 2.45) is 0 Å². The lowest BCUT2D eigenvalue weighted by Crippen LogP contribution is -1.94. The molecule has 0 N–H and O–H groups in total. The SMILES string of the molecule is CCn1[c]cc(-c2ccncc2)n1. The van der Waals surface area contributed by atoms with Gasteiger partial charge in [-0.3, -0.25) is 9.67 Å². The Kier molecular flexibility index (Phi) is 2.08. The Balaban J connectivity index is 2.36. The molecule has 0 bridgehead atoms. The average molecular weight is 172 g/mol. The van der Waals surface area contributed by atoms with Crippen LogP contribution in [0.4, 0.5) is 0 Å². The van der Waals surface area contributed by atoms with E-state index in [1.807, 2.05) is 25.1 Å². The van der Waals surface area contributed by atoms with Crippen LogP contribution < -0.4 is 0 Å². The van der Waals surface area contributed by atoms with Crippen molar-refractivity contribution in [1.82, 2.24) is 14.8 Å². The highest BCUT2D eigenvalue weighted by molar-refractivity contribution is 5.57. The molecule has 0 unspecified atom stereocenters. The van der Waals surface area contributed by atoms with E-state index < -0.39 is 0 Å². The molecule has 65 valence electrons. The molecule has 0 aliphatic rings. The highest BCUT2D eigenvalue weighted by atomic mass is 15.3. The van der Waals surface area contributed by atoms with E-state index in [0.717, 1.165) is 17.8 Å². The summed E-state index contributed by atoms with van der Waals surface area (Å²) in [5.41, 5.74) is 2.03. The van der Waals surface area contributed by atoms with E-state index in [1.165, 1.54) is 0 Å². The number of hydrogen-bond acceptors (Lipinski definition) is 2. The van der Waals surface area contributed by atoms with Crippen molar-refractivity contribution < 1.29 is 0 Å². The van der Waals surface area contributed by atoms with Gasteiger partial charge in [0.1, 0.15) is 0 Å². The van der Waals surface area contributed by atoms with Crippen LogP contribution in [-0.4, -0.2) is 14.8 Å². The minimum Gasteiger partial charge on any atom is -0.265 e. The van der Waals surface area contributed by atoms with Crippen LogP contribution >= 0.6 is 0 Å². The molecule has 2 aromatic heterocycles. The first kappa shape index (κ1) is 7.98. The Hall–Kier alpha value is -1.64. The Bertz CT molecular complexity index is 378. The summed E-state index contributed by atoms with van der Waals surface area (Å²) in [5.74, 6) is 0. The molecule has 2 heterocycles. The maximum Gasteiger partial charge on any atom is 0.0931 e. The Morgan fingerprint density at radius 3 is 2.77 bits per heavy atom. The summed E-state index contributed by atoms with van der Waals surface area (Å²) >= 11 is 0. The zero-order valence-electron chi connectivity index (χ0n) is 7.44. The molecule has 0 aliphatic heterocycles. The summed E-state index contributed by atoms with van der Waals surface area (Å²) in [5, 5.41) is 4.33. The van der Waals surface area contributed by atoms with Crippen LogP contribution in [0.3, 0.4) is 0 Å². The first-order valence-corrected chi connectivity index (χ1v) is 4.26. The molecule has 2 aromatic rings. The predicted molar refractivity (Wildman–Crippen MR) is 50.0 cm³/mol. The first-order valence-electron chi connectivity index (χ1n) is 4.26. The Morgan fingerprint density at radius 1 is 1.38 bits per heavy atom. The van der Waals surface area contributed by atoms with Gasteiger partial charge in [-0.25, -0.2) is 0 Å². The fourth-order valence-corrected chi connectivity index (χ4v) is 1.15. The molecule has 1 radical (unpaired) electrons. The highest BCUT2D eigenvalue weighted by Crippen LogP contribution is 2.14. The van der Waals surface area contributed by atoms with E-state index in [4.69, 9.17) is 0 Å². The van der Waals surface area contributed by atoms with Crippen molar-refractivity contribution in [3.8, 4) is 11.3 Å². The van der Waals surface area contributed by atoms with Gasteiger partial charge >= 0.3 is 0 Å². The van der Waals surface area contributed by atoms with Gasteiger partial charge in [0, 0.05) is 24.5 Å². The monoisotopic (exact) mass is 172 g/mol. The number of nitrogens with zero attached hydrogens (tertiary/aromatic N) is 3. The minimum absolute atomic E-state index is 0.852.